The summed E-state index contributed by atoms with van der Waals surface area (Å²) in [7, 11) is 3.79. The lowest BCUT2D eigenvalue weighted by molar-refractivity contribution is -0.137. The highest BCUT2D eigenvalue weighted by molar-refractivity contribution is 5.93. The average Bonchev–Trinajstić information content (AvgIpc) is 3.46. The van der Waals surface area contributed by atoms with E-state index in [1.54, 1.807) is 6.07 Å². The largest absolute Gasteiger partial charge is 0.416 e. The molecule has 1 aliphatic heterocycles. The number of anilines is 2. The molecule has 198 valence electrons. The van der Waals surface area contributed by atoms with Gasteiger partial charge < -0.3 is 19.7 Å². The van der Waals surface area contributed by atoms with Crippen LogP contribution in [0.5, 0.6) is 0 Å². The number of carbonyl (C=O) groups excluding carboxylic acids is 2. The van der Waals surface area contributed by atoms with Gasteiger partial charge in [-0.15, -0.1) is 0 Å². The number of rotatable bonds is 7. The zero-order valence-corrected chi connectivity index (χ0v) is 21.5. The number of hydrogen-bond donors (Lipinski definition) is 1. The van der Waals surface area contributed by atoms with E-state index in [0.717, 1.165) is 42.1 Å². The predicted octanol–water partition coefficient (Wildman–Crippen LogP) is 4.86. The number of aryl methyl sites for hydroxylation is 2. The SMILES string of the molecule is CC(C)C(=O)N(C)C1CCN(c2nc3ccc(NC(=O)CCc4ccc(C(F)(F)F)cc4)cc3n2C)C1. The molecule has 3 aromatic rings. The molecule has 1 saturated heterocycles. The van der Waals surface area contributed by atoms with E-state index in [0.29, 0.717) is 24.2 Å². The Kier molecular flexibility index (Phi) is 7.47. The highest BCUT2D eigenvalue weighted by Crippen LogP contribution is 2.30. The van der Waals surface area contributed by atoms with Gasteiger partial charge in [0.1, 0.15) is 0 Å². The van der Waals surface area contributed by atoms with E-state index >= 15 is 0 Å². The number of imidazole rings is 1. The molecule has 1 aliphatic rings. The van der Waals surface area contributed by atoms with E-state index in [2.05, 4.69) is 10.2 Å². The van der Waals surface area contributed by atoms with Gasteiger partial charge in [0.15, 0.2) is 0 Å². The van der Waals surface area contributed by atoms with Gasteiger partial charge in [-0.2, -0.15) is 13.2 Å². The fraction of sp³-hybridized carbons (Fsp3) is 0.444. The zero-order chi connectivity index (χ0) is 26.9. The van der Waals surface area contributed by atoms with Crippen LogP contribution in [0.1, 0.15) is 37.8 Å². The van der Waals surface area contributed by atoms with E-state index in [9.17, 15) is 22.8 Å². The summed E-state index contributed by atoms with van der Waals surface area (Å²) in [6.07, 6.45) is -3.01. The van der Waals surface area contributed by atoms with Crippen molar-refractivity contribution in [2.75, 3.05) is 30.4 Å². The Labute approximate surface area is 214 Å². The van der Waals surface area contributed by atoms with Gasteiger partial charge in [0.05, 0.1) is 22.6 Å². The first-order valence-corrected chi connectivity index (χ1v) is 12.4. The number of nitrogens with one attached hydrogen (secondary N) is 1. The van der Waals surface area contributed by atoms with Gasteiger partial charge in [0.25, 0.3) is 0 Å². The Bertz CT molecular complexity index is 1280. The summed E-state index contributed by atoms with van der Waals surface area (Å²) >= 11 is 0. The molecule has 4 rings (SSSR count). The van der Waals surface area contributed by atoms with Crippen LogP contribution in [0.15, 0.2) is 42.5 Å². The topological polar surface area (TPSA) is 70.5 Å². The van der Waals surface area contributed by atoms with Crippen LogP contribution in [0.3, 0.4) is 0 Å². The molecule has 37 heavy (non-hydrogen) atoms. The van der Waals surface area contributed by atoms with E-state index in [4.69, 9.17) is 4.98 Å². The second-order valence-electron chi connectivity index (χ2n) is 9.91. The van der Waals surface area contributed by atoms with E-state index in [1.165, 1.54) is 12.1 Å². The number of alkyl halides is 3. The molecule has 0 bridgehead atoms. The molecule has 2 amide bonds. The maximum atomic E-state index is 12.7. The molecule has 1 aromatic heterocycles. The lowest BCUT2D eigenvalue weighted by Gasteiger charge is -2.26. The molecule has 1 N–H and O–H groups in total. The lowest BCUT2D eigenvalue weighted by Crippen LogP contribution is -2.41. The number of likely N-dealkylation sites (N-methyl/N-ethyl adjacent to an activating group) is 1. The molecule has 0 aliphatic carbocycles. The van der Waals surface area contributed by atoms with Gasteiger partial charge in [-0.3, -0.25) is 9.59 Å². The molecule has 2 aromatic carbocycles. The van der Waals surface area contributed by atoms with Gasteiger partial charge in [-0.05, 0) is 48.7 Å². The first-order chi connectivity index (χ1) is 17.4. The second-order valence-corrected chi connectivity index (χ2v) is 9.91. The summed E-state index contributed by atoms with van der Waals surface area (Å²) < 4.78 is 40.2. The minimum absolute atomic E-state index is 0.0432. The van der Waals surface area contributed by atoms with Crippen molar-refractivity contribution < 1.29 is 22.8 Å². The van der Waals surface area contributed by atoms with E-state index < -0.39 is 11.7 Å². The van der Waals surface area contributed by atoms with Crippen LogP contribution < -0.4 is 10.2 Å². The Morgan fingerprint density at radius 3 is 2.51 bits per heavy atom. The van der Waals surface area contributed by atoms with Crippen LogP contribution in [-0.2, 0) is 29.2 Å². The Hall–Kier alpha value is -3.56. The number of hydrogen-bond acceptors (Lipinski definition) is 4. The number of benzene rings is 2. The van der Waals surface area contributed by atoms with Crippen molar-refractivity contribution in [3.05, 3.63) is 53.6 Å². The molecule has 0 spiro atoms. The first kappa shape index (κ1) is 26.5. The van der Waals surface area contributed by atoms with Crippen LogP contribution in [0, 0.1) is 5.92 Å². The van der Waals surface area contributed by atoms with Crippen molar-refractivity contribution in [1.82, 2.24) is 14.5 Å². The Morgan fingerprint density at radius 1 is 1.16 bits per heavy atom. The Morgan fingerprint density at radius 2 is 1.86 bits per heavy atom. The smallest absolute Gasteiger partial charge is 0.341 e. The van der Waals surface area contributed by atoms with Gasteiger partial charge in [-0.1, -0.05) is 26.0 Å². The van der Waals surface area contributed by atoms with Gasteiger partial charge in [0.2, 0.25) is 17.8 Å². The molecule has 0 saturated carbocycles. The molecule has 1 fully saturated rings. The minimum Gasteiger partial charge on any atom is -0.341 e. The quantitative estimate of drug-likeness (QED) is 0.488. The van der Waals surface area contributed by atoms with Crippen molar-refractivity contribution >= 4 is 34.5 Å². The van der Waals surface area contributed by atoms with E-state index in [-0.39, 0.29) is 30.2 Å². The molecule has 10 heteroatoms. The molecular weight excluding hydrogens is 483 g/mol. The third kappa shape index (κ3) is 5.89. The summed E-state index contributed by atoms with van der Waals surface area (Å²) in [5.74, 6) is 0.685. The number of nitrogens with zero attached hydrogens (tertiary/aromatic N) is 4. The molecule has 1 atom stereocenters. The van der Waals surface area contributed by atoms with Crippen molar-refractivity contribution in [2.24, 2.45) is 13.0 Å². The van der Waals surface area contributed by atoms with Gasteiger partial charge >= 0.3 is 6.18 Å². The summed E-state index contributed by atoms with van der Waals surface area (Å²) in [5, 5.41) is 2.87. The van der Waals surface area contributed by atoms with Crippen LogP contribution in [0.2, 0.25) is 0 Å². The molecular formula is C27H32F3N5O2. The van der Waals surface area contributed by atoms with Crippen molar-refractivity contribution in [1.29, 1.82) is 0 Å². The highest BCUT2D eigenvalue weighted by atomic mass is 19.4. The summed E-state index contributed by atoms with van der Waals surface area (Å²) in [5.41, 5.74) is 2.26. The third-order valence-electron chi connectivity index (χ3n) is 6.90. The Balaban J connectivity index is 1.39. The molecule has 2 heterocycles. The lowest BCUT2D eigenvalue weighted by atomic mass is 10.1. The number of carbonyl (C=O) groups is 2. The van der Waals surface area contributed by atoms with Gasteiger partial charge in [-0.25, -0.2) is 4.98 Å². The molecule has 0 radical (unpaired) electrons. The highest BCUT2D eigenvalue weighted by Gasteiger charge is 2.32. The molecule has 1 unspecified atom stereocenters. The third-order valence-corrected chi connectivity index (χ3v) is 6.90. The normalized spacial score (nSPS) is 16.0. The monoisotopic (exact) mass is 515 g/mol. The number of amides is 2. The maximum absolute atomic E-state index is 12.7. The second kappa shape index (κ2) is 10.4. The number of aromatic nitrogens is 2. The fourth-order valence-corrected chi connectivity index (χ4v) is 4.71. The molecule has 7 nitrogen and oxygen atoms in total. The maximum Gasteiger partial charge on any atom is 0.416 e. The standard InChI is InChI=1S/C27H32F3N5O2/c1-17(2)25(37)33(3)21-13-14-35(16-21)26-32-22-11-10-20(15-23(22)34(26)4)31-24(36)12-7-18-5-8-19(9-6-18)27(28,29)30/h5-6,8-11,15,17,21H,7,12-14,16H2,1-4H3,(H,31,36). The van der Waals surface area contributed by atoms with Crippen LogP contribution >= 0.6 is 0 Å². The number of halogens is 3. The van der Waals surface area contributed by atoms with Crippen LogP contribution in [-0.4, -0.2) is 52.4 Å². The van der Waals surface area contributed by atoms with Crippen molar-refractivity contribution in [2.45, 2.75) is 45.3 Å². The van der Waals surface area contributed by atoms with Gasteiger partial charge in [0, 0.05) is 45.2 Å². The summed E-state index contributed by atoms with van der Waals surface area (Å²) in [6, 6.07) is 10.5. The van der Waals surface area contributed by atoms with E-state index in [1.807, 2.05) is 49.5 Å². The van der Waals surface area contributed by atoms with Crippen molar-refractivity contribution in [3.8, 4) is 0 Å². The van der Waals surface area contributed by atoms with Crippen molar-refractivity contribution in [3.63, 3.8) is 0 Å². The zero-order valence-electron chi connectivity index (χ0n) is 21.5. The first-order valence-electron chi connectivity index (χ1n) is 12.4. The summed E-state index contributed by atoms with van der Waals surface area (Å²) in [6.45, 7) is 5.31. The average molecular weight is 516 g/mol. The fourth-order valence-electron chi connectivity index (χ4n) is 4.71. The van der Waals surface area contributed by atoms with Crippen LogP contribution in [0.4, 0.5) is 24.8 Å². The minimum atomic E-state index is -4.38. The number of fused-ring (bicyclic) bond motifs is 1. The van der Waals surface area contributed by atoms with Crippen LogP contribution in [0.25, 0.3) is 11.0 Å². The summed E-state index contributed by atoms with van der Waals surface area (Å²) in [4.78, 5) is 33.7. The predicted molar refractivity (Wildman–Crippen MR) is 137 cm³/mol.